The SMILES string of the molecule is C#CC1(O)CC[C@H](C(=O)O)[C@@H](c2ccccc2)C1. The zero-order chi connectivity index (χ0) is 13.2. The number of hydrogen-bond donors (Lipinski definition) is 2. The van der Waals surface area contributed by atoms with Gasteiger partial charge in [0.05, 0.1) is 5.92 Å². The molecule has 0 radical (unpaired) electrons. The summed E-state index contributed by atoms with van der Waals surface area (Å²) in [5, 5.41) is 19.5. The predicted octanol–water partition coefficient (Wildman–Crippen LogP) is 2.02. The maximum Gasteiger partial charge on any atom is 0.307 e. The molecule has 0 saturated heterocycles. The number of terminal acetylenes is 1. The minimum Gasteiger partial charge on any atom is -0.481 e. The van der Waals surface area contributed by atoms with Crippen LogP contribution in [-0.2, 0) is 4.79 Å². The summed E-state index contributed by atoms with van der Waals surface area (Å²) in [6.45, 7) is 0. The fraction of sp³-hybridized carbons (Fsp3) is 0.400. The molecule has 2 rings (SSSR count). The molecule has 0 amide bonds. The normalized spacial score (nSPS) is 31.6. The van der Waals surface area contributed by atoms with Gasteiger partial charge in [0.25, 0.3) is 0 Å². The average Bonchev–Trinajstić information content (AvgIpc) is 2.39. The van der Waals surface area contributed by atoms with Gasteiger partial charge in [0.2, 0.25) is 0 Å². The molecule has 1 unspecified atom stereocenters. The van der Waals surface area contributed by atoms with Crippen LogP contribution in [0.4, 0.5) is 0 Å². The first-order valence-electron chi connectivity index (χ1n) is 6.03. The third-order valence-electron chi connectivity index (χ3n) is 3.73. The molecule has 1 aromatic carbocycles. The van der Waals surface area contributed by atoms with Crippen LogP contribution < -0.4 is 0 Å². The summed E-state index contributed by atoms with van der Waals surface area (Å²) in [5.41, 5.74) is -0.245. The molecule has 3 heteroatoms. The monoisotopic (exact) mass is 244 g/mol. The maximum absolute atomic E-state index is 11.3. The van der Waals surface area contributed by atoms with Gasteiger partial charge in [-0.3, -0.25) is 4.79 Å². The van der Waals surface area contributed by atoms with E-state index in [9.17, 15) is 15.0 Å². The van der Waals surface area contributed by atoms with Gasteiger partial charge in [-0.1, -0.05) is 36.3 Å². The van der Waals surface area contributed by atoms with E-state index in [1.54, 1.807) is 0 Å². The van der Waals surface area contributed by atoms with Gasteiger partial charge in [-0.05, 0) is 24.8 Å². The second-order valence-electron chi connectivity index (χ2n) is 4.88. The molecule has 0 heterocycles. The first-order chi connectivity index (χ1) is 8.56. The van der Waals surface area contributed by atoms with E-state index >= 15 is 0 Å². The summed E-state index contributed by atoms with van der Waals surface area (Å²) in [5.74, 6) is 0.891. The lowest BCUT2D eigenvalue weighted by Gasteiger charge is -2.37. The lowest BCUT2D eigenvalue weighted by atomic mass is 9.69. The zero-order valence-corrected chi connectivity index (χ0v) is 10.0. The van der Waals surface area contributed by atoms with Crippen LogP contribution in [0.5, 0.6) is 0 Å². The molecule has 3 atom stereocenters. The van der Waals surface area contributed by atoms with Crippen molar-refractivity contribution in [2.24, 2.45) is 5.92 Å². The fourth-order valence-corrected chi connectivity index (χ4v) is 2.68. The highest BCUT2D eigenvalue weighted by Gasteiger charge is 2.42. The smallest absolute Gasteiger partial charge is 0.307 e. The van der Waals surface area contributed by atoms with Gasteiger partial charge < -0.3 is 10.2 Å². The van der Waals surface area contributed by atoms with E-state index in [1.165, 1.54) is 0 Å². The molecular formula is C15H16O3. The third-order valence-corrected chi connectivity index (χ3v) is 3.73. The molecule has 94 valence electrons. The number of carbonyl (C=O) groups is 1. The summed E-state index contributed by atoms with van der Waals surface area (Å²) in [6.07, 6.45) is 6.43. The Morgan fingerprint density at radius 2 is 2.06 bits per heavy atom. The van der Waals surface area contributed by atoms with Crippen molar-refractivity contribution in [3.63, 3.8) is 0 Å². The highest BCUT2D eigenvalue weighted by molar-refractivity contribution is 5.71. The van der Waals surface area contributed by atoms with E-state index in [4.69, 9.17) is 6.42 Å². The maximum atomic E-state index is 11.3. The number of hydrogen-bond acceptors (Lipinski definition) is 2. The van der Waals surface area contributed by atoms with E-state index < -0.39 is 17.5 Å². The van der Waals surface area contributed by atoms with Crippen molar-refractivity contribution in [3.05, 3.63) is 35.9 Å². The van der Waals surface area contributed by atoms with Crippen molar-refractivity contribution in [1.29, 1.82) is 0 Å². The second kappa shape index (κ2) is 4.83. The van der Waals surface area contributed by atoms with Gasteiger partial charge in [-0.15, -0.1) is 6.42 Å². The molecule has 3 nitrogen and oxygen atoms in total. The van der Waals surface area contributed by atoms with E-state index in [0.717, 1.165) is 5.56 Å². The Labute approximate surface area is 106 Å². The van der Waals surface area contributed by atoms with Gasteiger partial charge in [0.1, 0.15) is 5.60 Å². The Hall–Kier alpha value is -1.79. The summed E-state index contributed by atoms with van der Waals surface area (Å²) in [6, 6.07) is 9.41. The molecule has 0 aliphatic heterocycles. The largest absolute Gasteiger partial charge is 0.481 e. The molecule has 1 saturated carbocycles. The molecule has 0 bridgehead atoms. The molecule has 1 aliphatic rings. The van der Waals surface area contributed by atoms with Crippen LogP contribution in [0.3, 0.4) is 0 Å². The van der Waals surface area contributed by atoms with Crippen molar-refractivity contribution in [2.45, 2.75) is 30.8 Å². The Balaban J connectivity index is 2.32. The lowest BCUT2D eigenvalue weighted by molar-refractivity contribution is -0.145. The minimum absolute atomic E-state index is 0.224. The topological polar surface area (TPSA) is 57.5 Å². The van der Waals surface area contributed by atoms with Crippen LogP contribution in [0.2, 0.25) is 0 Å². The molecule has 1 fully saturated rings. The van der Waals surface area contributed by atoms with Crippen LogP contribution in [0.25, 0.3) is 0 Å². The van der Waals surface area contributed by atoms with E-state index in [-0.39, 0.29) is 5.92 Å². The molecule has 2 N–H and O–H groups in total. The second-order valence-corrected chi connectivity index (χ2v) is 4.88. The highest BCUT2D eigenvalue weighted by atomic mass is 16.4. The number of rotatable bonds is 2. The number of aliphatic carboxylic acids is 1. The van der Waals surface area contributed by atoms with Crippen LogP contribution in [0.15, 0.2) is 30.3 Å². The molecule has 0 spiro atoms. The molecule has 18 heavy (non-hydrogen) atoms. The Morgan fingerprint density at radius 1 is 1.39 bits per heavy atom. The highest BCUT2D eigenvalue weighted by Crippen LogP contribution is 2.42. The minimum atomic E-state index is -1.17. The van der Waals surface area contributed by atoms with Crippen LogP contribution in [-0.4, -0.2) is 21.8 Å². The van der Waals surface area contributed by atoms with Crippen molar-refractivity contribution in [2.75, 3.05) is 0 Å². The molecule has 1 aromatic rings. The van der Waals surface area contributed by atoms with Crippen molar-refractivity contribution >= 4 is 5.97 Å². The Morgan fingerprint density at radius 3 is 2.61 bits per heavy atom. The molecular weight excluding hydrogens is 228 g/mol. The summed E-state index contributed by atoms with van der Waals surface area (Å²) >= 11 is 0. The number of carboxylic acids is 1. The Bertz CT molecular complexity index is 474. The third kappa shape index (κ3) is 2.39. The quantitative estimate of drug-likeness (QED) is 0.782. The number of aliphatic hydroxyl groups is 1. The first-order valence-corrected chi connectivity index (χ1v) is 6.03. The van der Waals surface area contributed by atoms with Crippen molar-refractivity contribution < 1.29 is 15.0 Å². The number of carboxylic acid groups (broad SMARTS) is 1. The molecule has 0 aromatic heterocycles. The average molecular weight is 244 g/mol. The molecule has 1 aliphatic carbocycles. The predicted molar refractivity (Wildman–Crippen MR) is 67.9 cm³/mol. The summed E-state index contributed by atoms with van der Waals surface area (Å²) in [7, 11) is 0. The van der Waals surface area contributed by atoms with Gasteiger partial charge in [-0.25, -0.2) is 0 Å². The van der Waals surface area contributed by atoms with Crippen LogP contribution in [0, 0.1) is 18.3 Å². The van der Waals surface area contributed by atoms with E-state index in [0.29, 0.717) is 19.3 Å². The van der Waals surface area contributed by atoms with Gasteiger partial charge in [0.15, 0.2) is 0 Å². The zero-order valence-electron chi connectivity index (χ0n) is 10.0. The van der Waals surface area contributed by atoms with E-state index in [1.807, 2.05) is 30.3 Å². The summed E-state index contributed by atoms with van der Waals surface area (Å²) in [4.78, 5) is 11.3. The van der Waals surface area contributed by atoms with Crippen molar-refractivity contribution in [1.82, 2.24) is 0 Å². The van der Waals surface area contributed by atoms with Crippen molar-refractivity contribution in [3.8, 4) is 12.3 Å². The standard InChI is InChI=1S/C15H16O3/c1-2-15(18)9-8-12(14(16)17)13(10-15)11-6-4-3-5-7-11/h1,3-7,12-13,18H,8-10H2,(H,16,17)/t12-,13+,15?/m0/s1. The van der Waals surface area contributed by atoms with Gasteiger partial charge in [0, 0.05) is 5.92 Å². The van der Waals surface area contributed by atoms with Crippen LogP contribution in [0.1, 0.15) is 30.7 Å². The van der Waals surface area contributed by atoms with Gasteiger partial charge in [-0.2, -0.15) is 0 Å². The fourth-order valence-electron chi connectivity index (χ4n) is 2.68. The lowest BCUT2D eigenvalue weighted by Crippen LogP contribution is -2.39. The van der Waals surface area contributed by atoms with E-state index in [2.05, 4.69) is 5.92 Å². The first kappa shape index (κ1) is 12.7. The van der Waals surface area contributed by atoms with Crippen LogP contribution >= 0.6 is 0 Å². The number of benzene rings is 1. The Kier molecular flexibility index (Phi) is 3.40. The summed E-state index contributed by atoms with van der Waals surface area (Å²) < 4.78 is 0. The van der Waals surface area contributed by atoms with Gasteiger partial charge >= 0.3 is 5.97 Å².